The van der Waals surface area contributed by atoms with E-state index in [1.807, 2.05) is 18.3 Å². The second-order valence-corrected chi connectivity index (χ2v) is 10.9. The quantitative estimate of drug-likeness (QED) is 0.269. The van der Waals surface area contributed by atoms with Crippen LogP contribution in [-0.2, 0) is 0 Å². The Morgan fingerprint density at radius 2 is 1.61 bits per heavy atom. The summed E-state index contributed by atoms with van der Waals surface area (Å²) in [6.45, 7) is 6.50. The number of anilines is 1. The lowest BCUT2D eigenvalue weighted by atomic mass is 9.96. The molecule has 1 saturated heterocycles. The summed E-state index contributed by atoms with van der Waals surface area (Å²) in [6, 6.07) is 25.4. The highest BCUT2D eigenvalue weighted by molar-refractivity contribution is 7.80. The van der Waals surface area contributed by atoms with Gasteiger partial charge in [0.1, 0.15) is 5.75 Å². The number of thiocarbonyl (C=S) groups is 1. The number of hydrogen-bond acceptors (Lipinski definition) is 3. The van der Waals surface area contributed by atoms with E-state index >= 15 is 0 Å². The highest BCUT2D eigenvalue weighted by Crippen LogP contribution is 2.44. The van der Waals surface area contributed by atoms with Gasteiger partial charge >= 0.3 is 0 Å². The van der Waals surface area contributed by atoms with Crippen LogP contribution in [0.15, 0.2) is 79.0 Å². The van der Waals surface area contributed by atoms with E-state index in [-0.39, 0.29) is 12.1 Å². The van der Waals surface area contributed by atoms with E-state index in [0.29, 0.717) is 11.2 Å². The Hall–Kier alpha value is -3.64. The molecule has 0 radical (unpaired) electrons. The van der Waals surface area contributed by atoms with E-state index in [0.717, 1.165) is 30.0 Å². The molecule has 0 spiro atoms. The van der Waals surface area contributed by atoms with E-state index in [1.54, 1.807) is 0 Å². The third kappa shape index (κ3) is 4.58. The normalized spacial score (nSPS) is 19.7. The molecule has 6 heteroatoms. The maximum Gasteiger partial charge on any atom is 0.174 e. The van der Waals surface area contributed by atoms with Gasteiger partial charge in [-0.15, -0.1) is 0 Å². The molecule has 1 aliphatic carbocycles. The van der Waals surface area contributed by atoms with Crippen molar-refractivity contribution in [2.24, 2.45) is 0 Å². The largest absolute Gasteiger partial charge is 0.490 e. The molecule has 6 rings (SSSR count). The number of aromatic nitrogens is 2. The van der Waals surface area contributed by atoms with Gasteiger partial charge in [-0.25, -0.2) is 0 Å². The number of benzene rings is 2. The maximum absolute atomic E-state index is 6.24. The average Bonchev–Trinajstić information content (AvgIpc) is 3.64. The van der Waals surface area contributed by atoms with Crippen LogP contribution in [0.1, 0.15) is 66.0 Å². The third-order valence-corrected chi connectivity index (χ3v) is 8.21. The van der Waals surface area contributed by atoms with Gasteiger partial charge in [-0.3, -0.25) is 4.98 Å². The van der Waals surface area contributed by atoms with Crippen LogP contribution in [0.5, 0.6) is 5.75 Å². The molecule has 2 atom stereocenters. The molecule has 1 aliphatic heterocycles. The van der Waals surface area contributed by atoms with Crippen LogP contribution in [-0.4, -0.2) is 20.8 Å². The third-order valence-electron chi connectivity index (χ3n) is 7.90. The molecule has 0 bridgehead atoms. The Morgan fingerprint density at radius 3 is 2.29 bits per heavy atom. The van der Waals surface area contributed by atoms with E-state index in [4.69, 9.17) is 21.9 Å². The summed E-state index contributed by atoms with van der Waals surface area (Å²) in [4.78, 5) is 6.97. The van der Waals surface area contributed by atoms with Gasteiger partial charge in [-0.2, -0.15) is 0 Å². The summed E-state index contributed by atoms with van der Waals surface area (Å²) in [5, 5.41) is 4.30. The van der Waals surface area contributed by atoms with E-state index < -0.39 is 0 Å². The minimum atomic E-state index is -0.0786. The minimum Gasteiger partial charge on any atom is -0.490 e. The number of ether oxygens (including phenoxy) is 1. The zero-order chi connectivity index (χ0) is 26.2. The molecule has 2 aromatic heterocycles. The highest BCUT2D eigenvalue weighted by atomic mass is 32.1. The summed E-state index contributed by atoms with van der Waals surface area (Å²) in [5.41, 5.74) is 8.07. The lowest BCUT2D eigenvalue weighted by Crippen LogP contribution is -2.29. The van der Waals surface area contributed by atoms with Gasteiger partial charge in [0.25, 0.3) is 0 Å². The predicted molar refractivity (Wildman–Crippen MR) is 157 cm³/mol. The number of nitrogens with zero attached hydrogens (tertiary/aromatic N) is 3. The predicted octanol–water partition coefficient (Wildman–Crippen LogP) is 7.30. The van der Waals surface area contributed by atoms with E-state index in [9.17, 15) is 0 Å². The fraction of sp³-hybridized carbons (Fsp3) is 0.312. The van der Waals surface area contributed by atoms with Gasteiger partial charge in [0.2, 0.25) is 0 Å². The summed E-state index contributed by atoms with van der Waals surface area (Å²) in [5.74, 6) is 0.925. The van der Waals surface area contributed by atoms with Crippen LogP contribution >= 0.6 is 12.2 Å². The summed E-state index contributed by atoms with van der Waals surface area (Å²) >= 11 is 5.96. The molecule has 1 N–H and O–H groups in total. The number of rotatable bonds is 6. The fourth-order valence-electron chi connectivity index (χ4n) is 6.01. The van der Waals surface area contributed by atoms with Gasteiger partial charge in [-0.1, -0.05) is 23.8 Å². The molecule has 194 valence electrons. The summed E-state index contributed by atoms with van der Waals surface area (Å²) in [6.07, 6.45) is 6.99. The van der Waals surface area contributed by atoms with Gasteiger partial charge in [0, 0.05) is 29.0 Å². The van der Waals surface area contributed by atoms with Gasteiger partial charge in [0.15, 0.2) is 5.11 Å². The molecule has 1 saturated carbocycles. The fourth-order valence-corrected chi connectivity index (χ4v) is 6.36. The van der Waals surface area contributed by atoms with E-state index in [1.165, 1.54) is 41.0 Å². The first-order chi connectivity index (χ1) is 18.5. The standard InChI is InChI=1S/C32H34N4OS/c1-21-11-13-24(14-12-21)35-22(2)20-28(23(35)3)31-30(29-10-6-7-19-33-29)34-32(38)36(31)25-15-17-27(18-16-25)37-26-8-4-5-9-26/h6-7,10-20,26,30-31H,4-5,8-9H2,1-3H3,(H,34,38)/t30-,31+/m0/s1. The lowest BCUT2D eigenvalue weighted by Gasteiger charge is -2.28. The number of pyridine rings is 1. The van der Waals surface area contributed by atoms with Crippen LogP contribution in [0.2, 0.25) is 0 Å². The Morgan fingerprint density at radius 1 is 0.895 bits per heavy atom. The maximum atomic E-state index is 6.24. The molecule has 38 heavy (non-hydrogen) atoms. The second-order valence-electron chi connectivity index (χ2n) is 10.5. The van der Waals surface area contributed by atoms with Crippen LogP contribution in [0.25, 0.3) is 5.69 Å². The topological polar surface area (TPSA) is 42.3 Å². The van der Waals surface area contributed by atoms with Crippen molar-refractivity contribution < 1.29 is 4.74 Å². The van der Waals surface area contributed by atoms with Crippen molar-refractivity contribution in [3.8, 4) is 11.4 Å². The first-order valence-electron chi connectivity index (χ1n) is 13.5. The molecule has 2 fully saturated rings. The molecule has 0 amide bonds. The summed E-state index contributed by atoms with van der Waals surface area (Å²) in [7, 11) is 0. The Balaban J connectivity index is 1.41. The lowest BCUT2D eigenvalue weighted by molar-refractivity contribution is 0.210. The van der Waals surface area contributed by atoms with Crippen molar-refractivity contribution in [3.05, 3.63) is 107 Å². The molecule has 4 aromatic rings. The van der Waals surface area contributed by atoms with Crippen LogP contribution in [0, 0.1) is 20.8 Å². The monoisotopic (exact) mass is 522 g/mol. The molecular weight excluding hydrogens is 488 g/mol. The van der Waals surface area contributed by atoms with Crippen LogP contribution < -0.4 is 15.0 Å². The molecule has 2 aliphatic rings. The number of hydrogen-bond donors (Lipinski definition) is 1. The van der Waals surface area contributed by atoms with Crippen molar-refractivity contribution in [3.63, 3.8) is 0 Å². The van der Waals surface area contributed by atoms with Crippen molar-refractivity contribution in [1.82, 2.24) is 14.9 Å². The van der Waals surface area contributed by atoms with Crippen LogP contribution in [0.3, 0.4) is 0 Å². The van der Waals surface area contributed by atoms with Crippen molar-refractivity contribution >= 4 is 23.0 Å². The van der Waals surface area contributed by atoms with Gasteiger partial charge < -0.3 is 19.5 Å². The smallest absolute Gasteiger partial charge is 0.174 e. The van der Waals surface area contributed by atoms with Crippen molar-refractivity contribution in [1.29, 1.82) is 0 Å². The van der Waals surface area contributed by atoms with E-state index in [2.05, 4.69) is 96.2 Å². The zero-order valence-corrected chi connectivity index (χ0v) is 23.0. The Labute approximate surface area is 230 Å². The molecular formula is C32H34N4OS. The highest BCUT2D eigenvalue weighted by Gasteiger charge is 2.42. The first kappa shape index (κ1) is 24.7. The number of aryl methyl sites for hydroxylation is 2. The average molecular weight is 523 g/mol. The van der Waals surface area contributed by atoms with Crippen molar-refractivity contribution in [2.75, 3.05) is 4.90 Å². The Bertz CT molecular complexity index is 1420. The van der Waals surface area contributed by atoms with Gasteiger partial charge in [-0.05, 0) is 119 Å². The molecule has 2 aromatic carbocycles. The number of nitrogens with one attached hydrogen (secondary N) is 1. The SMILES string of the molecule is Cc1ccc(-n2c(C)cc([C@@H]3[C@H](c4ccccn4)NC(=S)N3c3ccc(OC4CCCC4)cc3)c2C)cc1. The molecule has 3 heterocycles. The molecule has 5 nitrogen and oxygen atoms in total. The molecule has 0 unspecified atom stereocenters. The Kier molecular flexibility index (Phi) is 6.66. The second kappa shape index (κ2) is 10.3. The summed E-state index contributed by atoms with van der Waals surface area (Å²) < 4.78 is 8.57. The van der Waals surface area contributed by atoms with Gasteiger partial charge in [0.05, 0.1) is 23.9 Å². The zero-order valence-electron chi connectivity index (χ0n) is 22.2. The van der Waals surface area contributed by atoms with Crippen LogP contribution in [0.4, 0.5) is 5.69 Å². The first-order valence-corrected chi connectivity index (χ1v) is 13.9. The van der Waals surface area contributed by atoms with Crippen molar-refractivity contribution in [2.45, 2.75) is 64.6 Å². The minimum absolute atomic E-state index is 0.0515.